The zero-order valence-electron chi connectivity index (χ0n) is 36.8. The van der Waals surface area contributed by atoms with E-state index in [-0.39, 0.29) is 19.4 Å². The van der Waals surface area contributed by atoms with Gasteiger partial charge in [-0.1, -0.05) is 145 Å². The van der Waals surface area contributed by atoms with Gasteiger partial charge in [0, 0.05) is 12.8 Å². The number of hydrogen-bond donors (Lipinski definition) is 4. The van der Waals surface area contributed by atoms with Gasteiger partial charge in [0.1, 0.15) is 36.8 Å². The van der Waals surface area contributed by atoms with Crippen molar-refractivity contribution in [2.45, 2.75) is 205 Å². The molecule has 13 heteroatoms. The van der Waals surface area contributed by atoms with Crippen molar-refractivity contribution in [2.75, 3.05) is 19.0 Å². The van der Waals surface area contributed by atoms with E-state index in [9.17, 15) is 37.9 Å². The highest BCUT2D eigenvalue weighted by atomic mass is 32.2. The van der Waals surface area contributed by atoms with E-state index in [1.807, 2.05) is 6.08 Å². The number of carbonyl (C=O) groups excluding carboxylic acids is 2. The van der Waals surface area contributed by atoms with Crippen molar-refractivity contribution in [1.82, 2.24) is 0 Å². The molecule has 0 radical (unpaired) electrons. The third-order valence-electron chi connectivity index (χ3n) is 10.1. The van der Waals surface area contributed by atoms with Gasteiger partial charge in [-0.05, 0) is 70.6 Å². The number of ether oxygens (including phenoxy) is 4. The van der Waals surface area contributed by atoms with Crippen LogP contribution in [-0.4, -0.2) is 96.0 Å². The molecule has 346 valence electrons. The van der Waals surface area contributed by atoms with Crippen molar-refractivity contribution in [3.8, 4) is 0 Å². The first-order valence-corrected chi connectivity index (χ1v) is 24.5. The van der Waals surface area contributed by atoms with Gasteiger partial charge in [0.15, 0.2) is 12.4 Å². The molecular weight excluding hydrogens is 789 g/mol. The third-order valence-corrected chi connectivity index (χ3v) is 10.8. The number of aliphatic hydroxyl groups is 3. The summed E-state index contributed by atoms with van der Waals surface area (Å²) in [5.74, 6) is -2.07. The molecule has 0 aromatic heterocycles. The average Bonchev–Trinajstić information content (AvgIpc) is 3.21. The number of unbranched alkanes of at least 4 members (excludes halogenated alkanes) is 15. The minimum absolute atomic E-state index is 0.139. The second kappa shape index (κ2) is 37.0. The quantitative estimate of drug-likeness (QED) is 0.0201. The largest absolute Gasteiger partial charge is 0.462 e. The first kappa shape index (κ1) is 55.4. The number of allylic oxidation sites excluding steroid dienone is 10. The monoisotopic (exact) mass is 869 g/mol. The van der Waals surface area contributed by atoms with Gasteiger partial charge >= 0.3 is 11.9 Å². The van der Waals surface area contributed by atoms with Crippen molar-refractivity contribution in [1.29, 1.82) is 0 Å². The maximum atomic E-state index is 12.8. The number of carbonyl (C=O) groups is 2. The van der Waals surface area contributed by atoms with E-state index in [0.717, 1.165) is 64.2 Å². The summed E-state index contributed by atoms with van der Waals surface area (Å²) < 4.78 is 53.9. The molecule has 0 aromatic rings. The van der Waals surface area contributed by atoms with E-state index in [1.54, 1.807) is 0 Å². The van der Waals surface area contributed by atoms with Gasteiger partial charge in [-0.2, -0.15) is 8.42 Å². The molecule has 1 saturated heterocycles. The Morgan fingerprint density at radius 2 is 1.03 bits per heavy atom. The Morgan fingerprint density at radius 3 is 1.60 bits per heavy atom. The summed E-state index contributed by atoms with van der Waals surface area (Å²) in [5.41, 5.74) is 0. The SMILES string of the molecule is CCCC/C=C/CCCCCCCC(=O)O[C@H](COC(=O)CCC/C=C/C/C=C/C/C=C/C/C=C/CCCCCCCCC)CO[C@H]1O[C@H](CS(=O)(=O)O)[C@@H](O)C(O)C1O. The van der Waals surface area contributed by atoms with Crippen LogP contribution in [0.3, 0.4) is 0 Å². The molecule has 1 rings (SSSR count). The Morgan fingerprint density at radius 1 is 0.567 bits per heavy atom. The summed E-state index contributed by atoms with van der Waals surface area (Å²) in [7, 11) is -4.61. The summed E-state index contributed by atoms with van der Waals surface area (Å²) in [6.07, 6.45) is 35.7. The highest BCUT2D eigenvalue weighted by molar-refractivity contribution is 7.85. The van der Waals surface area contributed by atoms with E-state index in [2.05, 4.69) is 68.5 Å². The van der Waals surface area contributed by atoms with E-state index in [4.69, 9.17) is 18.9 Å². The van der Waals surface area contributed by atoms with Crippen LogP contribution in [0.15, 0.2) is 60.8 Å². The van der Waals surface area contributed by atoms with Crippen LogP contribution < -0.4 is 0 Å². The predicted molar refractivity (Wildman–Crippen MR) is 238 cm³/mol. The molecule has 1 heterocycles. The first-order chi connectivity index (χ1) is 29.0. The maximum Gasteiger partial charge on any atom is 0.306 e. The fraction of sp³-hybridized carbons (Fsp3) is 0.745. The predicted octanol–water partition coefficient (Wildman–Crippen LogP) is 9.34. The van der Waals surface area contributed by atoms with E-state index in [0.29, 0.717) is 19.3 Å². The third kappa shape index (κ3) is 31.2. The lowest BCUT2D eigenvalue weighted by atomic mass is 10.00. The van der Waals surface area contributed by atoms with Gasteiger partial charge in [-0.25, -0.2) is 0 Å². The van der Waals surface area contributed by atoms with Crippen LogP contribution >= 0.6 is 0 Å². The molecule has 0 bridgehead atoms. The summed E-state index contributed by atoms with van der Waals surface area (Å²) >= 11 is 0. The van der Waals surface area contributed by atoms with Gasteiger partial charge in [-0.15, -0.1) is 0 Å². The van der Waals surface area contributed by atoms with Crippen LogP contribution in [0.2, 0.25) is 0 Å². The van der Waals surface area contributed by atoms with E-state index in [1.165, 1.54) is 57.8 Å². The van der Waals surface area contributed by atoms with E-state index < -0.39 is 71.2 Å². The molecule has 60 heavy (non-hydrogen) atoms. The Hall–Kier alpha value is -2.65. The Bertz CT molecular complexity index is 1340. The second-order valence-corrected chi connectivity index (χ2v) is 17.2. The number of hydrogen-bond acceptors (Lipinski definition) is 11. The molecule has 12 nitrogen and oxygen atoms in total. The van der Waals surface area contributed by atoms with Crippen LogP contribution in [0.25, 0.3) is 0 Å². The average molecular weight is 869 g/mol. The standard InChI is InChI=1S/C47H80O12S/c1-3-5-7-9-11-13-15-16-17-18-19-20-21-22-23-24-26-27-29-31-33-35-42(48)56-37-40(58-43(49)36-34-32-30-28-25-14-12-10-8-6-4-2)38-57-47-46(52)45(51)44(50)41(59-47)39-60(53,54)55/h10,12,17-18,20-21,23-24,27,29,40-41,44-47,50-52H,3-9,11,13-16,19,22,25-26,28,30-39H2,1-2H3,(H,53,54,55)/b12-10+,18-17+,21-20+,24-23+,29-27+/t40-,41-,44-,45?,46?,47+/m1/s1. The van der Waals surface area contributed by atoms with Gasteiger partial charge in [0.25, 0.3) is 10.1 Å². The topological polar surface area (TPSA) is 186 Å². The lowest BCUT2D eigenvalue weighted by molar-refractivity contribution is -0.297. The first-order valence-electron chi connectivity index (χ1n) is 22.8. The van der Waals surface area contributed by atoms with Gasteiger partial charge in [0.05, 0.1) is 6.61 Å². The molecule has 4 N–H and O–H groups in total. The molecule has 1 fully saturated rings. The molecule has 0 saturated carbocycles. The van der Waals surface area contributed by atoms with Crippen molar-refractivity contribution in [3.05, 3.63) is 60.8 Å². The zero-order chi connectivity index (χ0) is 44.1. The fourth-order valence-corrected chi connectivity index (χ4v) is 7.16. The number of aliphatic hydroxyl groups excluding tert-OH is 3. The molecule has 1 aliphatic heterocycles. The van der Waals surface area contributed by atoms with Gasteiger partial charge in [0.2, 0.25) is 0 Å². The highest BCUT2D eigenvalue weighted by Crippen LogP contribution is 2.24. The fourth-order valence-electron chi connectivity index (χ4n) is 6.47. The smallest absolute Gasteiger partial charge is 0.306 e. The highest BCUT2D eigenvalue weighted by Gasteiger charge is 2.46. The molecule has 0 aromatic carbocycles. The number of rotatable bonds is 37. The molecule has 0 spiro atoms. The molecule has 0 amide bonds. The number of esters is 2. The lowest BCUT2D eigenvalue weighted by Crippen LogP contribution is -2.60. The van der Waals surface area contributed by atoms with Crippen LogP contribution in [-0.2, 0) is 38.7 Å². The van der Waals surface area contributed by atoms with Crippen molar-refractivity contribution in [3.63, 3.8) is 0 Å². The minimum Gasteiger partial charge on any atom is -0.462 e. The molecule has 0 aliphatic carbocycles. The molecular formula is C47H80O12S. The van der Waals surface area contributed by atoms with Crippen molar-refractivity contribution >= 4 is 22.1 Å². The molecule has 2 unspecified atom stereocenters. The molecule has 6 atom stereocenters. The van der Waals surface area contributed by atoms with Gasteiger partial charge in [-0.3, -0.25) is 14.1 Å². The van der Waals surface area contributed by atoms with Crippen molar-refractivity contribution < 1.29 is 56.8 Å². The summed E-state index contributed by atoms with van der Waals surface area (Å²) in [5, 5.41) is 30.8. The maximum absolute atomic E-state index is 12.8. The van der Waals surface area contributed by atoms with Crippen LogP contribution in [0, 0.1) is 0 Å². The van der Waals surface area contributed by atoms with Crippen LogP contribution in [0.1, 0.15) is 168 Å². The summed E-state index contributed by atoms with van der Waals surface area (Å²) in [6, 6.07) is 0. The van der Waals surface area contributed by atoms with Crippen LogP contribution in [0.4, 0.5) is 0 Å². The minimum atomic E-state index is -4.61. The van der Waals surface area contributed by atoms with Gasteiger partial charge < -0.3 is 34.3 Å². The zero-order valence-corrected chi connectivity index (χ0v) is 37.6. The summed E-state index contributed by atoms with van der Waals surface area (Å²) in [4.78, 5) is 25.3. The second-order valence-electron chi connectivity index (χ2n) is 15.7. The lowest BCUT2D eigenvalue weighted by Gasteiger charge is -2.40. The van der Waals surface area contributed by atoms with Crippen molar-refractivity contribution in [2.24, 2.45) is 0 Å². The van der Waals surface area contributed by atoms with Crippen LogP contribution in [0.5, 0.6) is 0 Å². The normalized spacial score (nSPS) is 20.7. The Labute approximate surface area is 362 Å². The Balaban J connectivity index is 2.46. The Kier molecular flexibility index (Phi) is 34.1. The van der Waals surface area contributed by atoms with E-state index >= 15 is 0 Å². The molecule has 1 aliphatic rings. The summed E-state index contributed by atoms with van der Waals surface area (Å²) in [6.45, 7) is 3.65.